The quantitative estimate of drug-likeness (QED) is 0.161. The number of fused-ring (bicyclic) bond motifs is 4. The van der Waals surface area contributed by atoms with Gasteiger partial charge >= 0.3 is 0 Å². The van der Waals surface area contributed by atoms with Gasteiger partial charge in [-0.05, 0) is 101 Å². The van der Waals surface area contributed by atoms with Crippen molar-refractivity contribution in [2.45, 2.75) is 15.2 Å². The molecule has 0 atom stereocenters. The van der Waals surface area contributed by atoms with Crippen molar-refractivity contribution < 1.29 is 8.42 Å². The van der Waals surface area contributed by atoms with Crippen molar-refractivity contribution in [1.29, 1.82) is 0 Å². The Morgan fingerprint density at radius 2 is 0.778 bits per heavy atom. The Bertz CT molecular complexity index is 2910. The molecule has 0 spiro atoms. The first-order valence-corrected chi connectivity index (χ1v) is 19.7. The zero-order chi connectivity index (χ0) is 36.3. The van der Waals surface area contributed by atoms with Gasteiger partial charge in [-0.3, -0.25) is 0 Å². The van der Waals surface area contributed by atoms with E-state index in [1.165, 1.54) is 60.5 Å². The third kappa shape index (κ3) is 4.75. The summed E-state index contributed by atoms with van der Waals surface area (Å²) in [6.45, 7) is 0. The molecule has 9 aromatic carbocycles. The molecule has 0 unspecified atom stereocenters. The second-order valence-corrected chi connectivity index (χ2v) is 15.9. The molecule has 54 heavy (non-hydrogen) atoms. The van der Waals surface area contributed by atoms with Gasteiger partial charge in [-0.1, -0.05) is 182 Å². The Labute approximate surface area is 315 Å². The normalized spacial score (nSPS) is 13.1. The molecule has 0 saturated heterocycles. The van der Waals surface area contributed by atoms with E-state index in [0.29, 0.717) is 4.90 Å². The second-order valence-electron chi connectivity index (χ2n) is 14.0. The van der Waals surface area contributed by atoms with Crippen LogP contribution in [0, 0.1) is 0 Å². The fourth-order valence-electron chi connectivity index (χ4n) is 8.86. The summed E-state index contributed by atoms with van der Waals surface area (Å²) in [5.74, 6) is 0. The van der Waals surface area contributed by atoms with Gasteiger partial charge in [0.05, 0.1) is 15.2 Å². The van der Waals surface area contributed by atoms with Gasteiger partial charge in [0.2, 0.25) is 9.84 Å². The number of sulfone groups is 1. The molecule has 0 heterocycles. The van der Waals surface area contributed by atoms with Crippen molar-refractivity contribution in [3.8, 4) is 33.4 Å². The van der Waals surface area contributed by atoms with Crippen molar-refractivity contribution in [2.24, 2.45) is 0 Å². The third-order valence-electron chi connectivity index (χ3n) is 11.2. The van der Waals surface area contributed by atoms with E-state index in [1.54, 1.807) is 36.4 Å². The summed E-state index contributed by atoms with van der Waals surface area (Å²) in [5, 5.41) is 4.93. The maximum atomic E-state index is 13.2. The molecule has 0 amide bonds. The number of rotatable bonds is 6. The largest absolute Gasteiger partial charge is 0.219 e. The molecule has 10 rings (SSSR count). The lowest BCUT2D eigenvalue weighted by Crippen LogP contribution is -2.33. The van der Waals surface area contributed by atoms with Crippen molar-refractivity contribution >= 4 is 31.4 Å². The van der Waals surface area contributed by atoms with Crippen molar-refractivity contribution in [1.82, 2.24) is 0 Å². The summed E-state index contributed by atoms with van der Waals surface area (Å²) in [7, 11) is -3.59. The summed E-state index contributed by atoms with van der Waals surface area (Å²) < 4.78 is 26.5. The average Bonchev–Trinajstić information content (AvgIpc) is 3.25. The van der Waals surface area contributed by atoms with Crippen LogP contribution in [0.2, 0.25) is 0 Å². The van der Waals surface area contributed by atoms with Crippen LogP contribution in [-0.4, -0.2) is 8.42 Å². The van der Waals surface area contributed by atoms with Crippen LogP contribution in [0.1, 0.15) is 22.3 Å². The van der Waals surface area contributed by atoms with Crippen molar-refractivity contribution in [3.05, 3.63) is 229 Å². The first kappa shape index (κ1) is 32.1. The summed E-state index contributed by atoms with van der Waals surface area (Å²) >= 11 is 0. The van der Waals surface area contributed by atoms with E-state index >= 15 is 0 Å². The van der Waals surface area contributed by atoms with E-state index in [1.807, 2.05) is 18.2 Å². The molecule has 0 saturated carbocycles. The highest BCUT2D eigenvalue weighted by atomic mass is 32.2. The van der Waals surface area contributed by atoms with Crippen LogP contribution in [0.25, 0.3) is 54.9 Å². The first-order chi connectivity index (χ1) is 26.6. The molecular formula is C51H34O2S. The third-order valence-corrected chi connectivity index (χ3v) is 13.0. The lowest BCUT2D eigenvalue weighted by molar-refractivity contribution is 0.596. The molecule has 2 nitrogen and oxygen atoms in total. The molecule has 0 bridgehead atoms. The molecule has 9 aromatic rings. The van der Waals surface area contributed by atoms with E-state index in [-0.39, 0.29) is 4.90 Å². The molecule has 3 heteroatoms. The van der Waals surface area contributed by atoms with E-state index in [2.05, 4.69) is 152 Å². The van der Waals surface area contributed by atoms with Crippen LogP contribution in [0.5, 0.6) is 0 Å². The predicted octanol–water partition coefficient (Wildman–Crippen LogP) is 12.5. The molecule has 256 valence electrons. The number of benzene rings is 9. The van der Waals surface area contributed by atoms with Gasteiger partial charge in [0.25, 0.3) is 0 Å². The Morgan fingerprint density at radius 1 is 0.333 bits per heavy atom. The molecule has 0 radical (unpaired) electrons. The lowest BCUT2D eigenvalue weighted by Gasteiger charge is -2.42. The molecule has 1 aliphatic carbocycles. The molecule has 0 aromatic heterocycles. The van der Waals surface area contributed by atoms with Crippen molar-refractivity contribution in [2.75, 3.05) is 0 Å². The minimum absolute atomic E-state index is 0.285. The topological polar surface area (TPSA) is 34.1 Å². The second kappa shape index (κ2) is 12.5. The van der Waals surface area contributed by atoms with E-state index < -0.39 is 15.3 Å². The molecule has 1 aliphatic rings. The minimum Gasteiger partial charge on any atom is -0.219 e. The Hall–Kier alpha value is -6.55. The number of hydrogen-bond acceptors (Lipinski definition) is 2. The van der Waals surface area contributed by atoms with Gasteiger partial charge in [-0.25, -0.2) is 8.42 Å². The van der Waals surface area contributed by atoms with Crippen LogP contribution in [0.4, 0.5) is 0 Å². The van der Waals surface area contributed by atoms with Gasteiger partial charge in [-0.15, -0.1) is 0 Å². The average molecular weight is 711 g/mol. The Morgan fingerprint density at radius 3 is 1.41 bits per heavy atom. The predicted molar refractivity (Wildman–Crippen MR) is 222 cm³/mol. The number of hydrogen-bond donors (Lipinski definition) is 0. The Kier molecular flexibility index (Phi) is 7.46. The van der Waals surface area contributed by atoms with E-state index in [4.69, 9.17) is 0 Å². The minimum atomic E-state index is -3.59. The van der Waals surface area contributed by atoms with Crippen LogP contribution >= 0.6 is 0 Å². The molecular weight excluding hydrogens is 677 g/mol. The molecule has 0 aliphatic heterocycles. The van der Waals surface area contributed by atoms with Gasteiger partial charge in [0.15, 0.2) is 0 Å². The van der Waals surface area contributed by atoms with Gasteiger partial charge in [0.1, 0.15) is 0 Å². The van der Waals surface area contributed by atoms with Crippen LogP contribution in [0.15, 0.2) is 216 Å². The molecule has 0 fully saturated rings. The summed E-state index contributed by atoms with van der Waals surface area (Å²) in [4.78, 5) is 0.580. The fraction of sp³-hybridized carbons (Fsp3) is 0.0196. The smallest absolute Gasteiger partial charge is 0.206 e. The summed E-state index contributed by atoms with van der Waals surface area (Å²) in [6, 6.07) is 71.1. The highest BCUT2D eigenvalue weighted by Crippen LogP contribution is 2.58. The summed E-state index contributed by atoms with van der Waals surface area (Å²) in [5.41, 5.74) is 11.4. The molecule has 0 N–H and O–H groups in total. The summed E-state index contributed by atoms with van der Waals surface area (Å²) in [6.07, 6.45) is 0. The highest BCUT2D eigenvalue weighted by molar-refractivity contribution is 7.91. The van der Waals surface area contributed by atoms with E-state index in [9.17, 15) is 8.42 Å². The van der Waals surface area contributed by atoms with Gasteiger partial charge in [-0.2, -0.15) is 0 Å². The van der Waals surface area contributed by atoms with Gasteiger partial charge in [0, 0.05) is 0 Å². The van der Waals surface area contributed by atoms with Crippen molar-refractivity contribution in [3.63, 3.8) is 0 Å². The first-order valence-electron chi connectivity index (χ1n) is 18.3. The van der Waals surface area contributed by atoms with Crippen LogP contribution < -0.4 is 0 Å². The highest BCUT2D eigenvalue weighted by Gasteiger charge is 2.44. The maximum absolute atomic E-state index is 13.2. The fourth-order valence-corrected chi connectivity index (χ4v) is 10.1. The maximum Gasteiger partial charge on any atom is 0.206 e. The van der Waals surface area contributed by atoms with Gasteiger partial charge < -0.3 is 0 Å². The zero-order valence-electron chi connectivity index (χ0n) is 29.4. The Balaban J connectivity index is 1.19. The zero-order valence-corrected chi connectivity index (χ0v) is 30.2. The SMILES string of the molecule is O=S(=O)(c1ccccc1)c1ccc(-c2ccc(-c3c4ccccc4c4c5c(cccc35)C(c3ccccc3)(c3ccccc3)c3ccccc3-4)cc2)cc1. The van der Waals surface area contributed by atoms with Crippen LogP contribution in [-0.2, 0) is 15.3 Å². The van der Waals surface area contributed by atoms with E-state index in [0.717, 1.165) is 16.7 Å². The van der Waals surface area contributed by atoms with Crippen LogP contribution in [0.3, 0.4) is 0 Å². The monoisotopic (exact) mass is 710 g/mol. The lowest BCUT2D eigenvalue weighted by atomic mass is 9.59. The standard InChI is InChI=1S/C51H34O2S/c52-54(53,40-19-8-3-9-20-40)41-33-31-36(32-34-41)35-27-29-37(30-28-35)48-42-21-10-11-22-43(42)49-44-23-12-13-25-46(44)51(38-15-4-1-5-16-38,39-17-6-2-7-18-39)47-26-14-24-45(48)50(47)49/h1-34H.